The van der Waals surface area contributed by atoms with Crippen LogP contribution < -0.4 is 14.4 Å². The Labute approximate surface area is 200 Å². The van der Waals surface area contributed by atoms with Gasteiger partial charge in [-0.15, -0.1) is 0 Å². The Balaban J connectivity index is 1.45. The van der Waals surface area contributed by atoms with E-state index in [2.05, 4.69) is 5.32 Å². The Kier molecular flexibility index (Phi) is 6.53. The molecule has 1 amide bonds. The summed E-state index contributed by atoms with van der Waals surface area (Å²) < 4.78 is 33.1. The molecule has 3 aromatic carbocycles. The number of carbonyl (C=O) groups excluding carboxylic acids is 1. The molecular formula is C22H17Cl3N2O4S. The minimum absolute atomic E-state index is 0.0433. The molecule has 0 atom stereocenters. The predicted octanol–water partition coefficient (Wildman–Crippen LogP) is 5.42. The number of hydrogen-bond donors (Lipinski definition) is 1. The maximum absolute atomic E-state index is 13.1. The summed E-state index contributed by atoms with van der Waals surface area (Å²) in [6.07, 6.45) is 0.649. The van der Waals surface area contributed by atoms with Gasteiger partial charge in [0.1, 0.15) is 5.75 Å². The first kappa shape index (κ1) is 22.7. The monoisotopic (exact) mass is 510 g/mol. The van der Waals surface area contributed by atoms with Gasteiger partial charge in [-0.25, -0.2) is 8.42 Å². The quantitative estimate of drug-likeness (QED) is 0.480. The Hall–Kier alpha value is -2.45. The first-order chi connectivity index (χ1) is 15.3. The average molecular weight is 512 g/mol. The van der Waals surface area contributed by atoms with E-state index in [4.69, 9.17) is 39.5 Å². The van der Waals surface area contributed by atoms with Gasteiger partial charge >= 0.3 is 0 Å². The molecule has 1 aliphatic heterocycles. The minimum Gasteiger partial charge on any atom is -0.482 e. The zero-order valence-electron chi connectivity index (χ0n) is 16.5. The SMILES string of the molecule is O=C(COc1ccc(S(=O)(=O)N2CCc3ccccc32)cc1Cl)Nc1cc(Cl)ccc1Cl. The third kappa shape index (κ3) is 4.66. The molecule has 0 radical (unpaired) electrons. The lowest BCUT2D eigenvalue weighted by Gasteiger charge is -2.20. The van der Waals surface area contributed by atoms with Crippen LogP contribution in [0.4, 0.5) is 11.4 Å². The van der Waals surface area contributed by atoms with E-state index >= 15 is 0 Å². The maximum Gasteiger partial charge on any atom is 0.264 e. The fourth-order valence-corrected chi connectivity index (χ4v) is 5.53. The van der Waals surface area contributed by atoms with Crippen molar-refractivity contribution < 1.29 is 17.9 Å². The number of fused-ring (bicyclic) bond motifs is 1. The fourth-order valence-electron chi connectivity index (χ4n) is 3.37. The van der Waals surface area contributed by atoms with Crippen LogP contribution in [-0.2, 0) is 21.2 Å². The van der Waals surface area contributed by atoms with Gasteiger partial charge in [0, 0.05) is 11.6 Å². The molecule has 3 aromatic rings. The van der Waals surface area contributed by atoms with Crippen LogP contribution in [-0.4, -0.2) is 27.5 Å². The van der Waals surface area contributed by atoms with Gasteiger partial charge in [0.25, 0.3) is 15.9 Å². The van der Waals surface area contributed by atoms with Gasteiger partial charge in [-0.3, -0.25) is 9.10 Å². The molecule has 10 heteroatoms. The van der Waals surface area contributed by atoms with E-state index in [-0.39, 0.29) is 22.3 Å². The van der Waals surface area contributed by atoms with Gasteiger partial charge in [-0.2, -0.15) is 0 Å². The maximum atomic E-state index is 13.1. The van der Waals surface area contributed by atoms with Gasteiger partial charge in [-0.05, 0) is 54.4 Å². The number of rotatable bonds is 6. The normalized spacial score (nSPS) is 13.0. The van der Waals surface area contributed by atoms with Crippen molar-refractivity contribution in [2.75, 3.05) is 22.8 Å². The van der Waals surface area contributed by atoms with Crippen molar-refractivity contribution in [1.82, 2.24) is 0 Å². The lowest BCUT2D eigenvalue weighted by molar-refractivity contribution is -0.118. The molecule has 1 N–H and O–H groups in total. The van der Waals surface area contributed by atoms with E-state index in [1.807, 2.05) is 12.1 Å². The Morgan fingerprint density at radius 2 is 1.78 bits per heavy atom. The summed E-state index contributed by atoms with van der Waals surface area (Å²) in [6, 6.07) is 16.2. The number of nitrogens with one attached hydrogen (secondary N) is 1. The standard InChI is InChI=1S/C22H17Cl3N2O4S/c23-15-5-7-17(24)19(11-15)26-22(28)13-31-21-8-6-16(12-18(21)25)32(29,30)27-10-9-14-3-1-2-4-20(14)27/h1-8,11-12H,9-10,13H2,(H,26,28). The molecule has 0 spiro atoms. The molecule has 0 aliphatic carbocycles. The fraction of sp³-hybridized carbons (Fsp3) is 0.136. The molecule has 1 heterocycles. The van der Waals surface area contributed by atoms with Crippen LogP contribution in [0.3, 0.4) is 0 Å². The summed E-state index contributed by atoms with van der Waals surface area (Å²) >= 11 is 18.2. The molecule has 0 saturated heterocycles. The number of hydrogen-bond acceptors (Lipinski definition) is 4. The molecule has 1 aliphatic rings. The number of ether oxygens (including phenoxy) is 1. The molecule has 0 unspecified atom stereocenters. The summed E-state index contributed by atoms with van der Waals surface area (Å²) in [5.74, 6) is -0.296. The highest BCUT2D eigenvalue weighted by Crippen LogP contribution is 2.35. The average Bonchev–Trinajstić information content (AvgIpc) is 3.20. The van der Waals surface area contributed by atoms with Crippen LogP contribution in [0.15, 0.2) is 65.6 Å². The second kappa shape index (κ2) is 9.19. The van der Waals surface area contributed by atoms with Crippen LogP contribution in [0.2, 0.25) is 15.1 Å². The third-order valence-electron chi connectivity index (χ3n) is 4.90. The summed E-state index contributed by atoms with van der Waals surface area (Å²) in [7, 11) is -3.79. The first-order valence-corrected chi connectivity index (χ1v) is 12.1. The highest BCUT2D eigenvalue weighted by Gasteiger charge is 2.31. The number of carbonyl (C=O) groups is 1. The molecule has 0 bridgehead atoms. The van der Waals surface area contributed by atoms with Crippen molar-refractivity contribution >= 4 is 62.1 Å². The highest BCUT2D eigenvalue weighted by molar-refractivity contribution is 7.92. The molecule has 6 nitrogen and oxygen atoms in total. The van der Waals surface area contributed by atoms with E-state index in [1.165, 1.54) is 28.6 Å². The van der Waals surface area contributed by atoms with Gasteiger partial charge in [-0.1, -0.05) is 53.0 Å². The Morgan fingerprint density at radius 3 is 2.56 bits per heavy atom. The summed E-state index contributed by atoms with van der Waals surface area (Å²) in [4.78, 5) is 12.2. The Morgan fingerprint density at radius 1 is 1.00 bits per heavy atom. The van der Waals surface area contributed by atoms with E-state index in [9.17, 15) is 13.2 Å². The van der Waals surface area contributed by atoms with Crippen molar-refractivity contribution in [3.63, 3.8) is 0 Å². The lowest BCUT2D eigenvalue weighted by atomic mass is 10.2. The molecule has 166 valence electrons. The zero-order chi connectivity index (χ0) is 22.9. The number of halogens is 3. The largest absolute Gasteiger partial charge is 0.482 e. The number of para-hydroxylation sites is 1. The number of nitrogens with zero attached hydrogens (tertiary/aromatic N) is 1. The molecule has 4 rings (SSSR count). The van der Waals surface area contributed by atoms with Crippen LogP contribution in [0.1, 0.15) is 5.56 Å². The summed E-state index contributed by atoms with van der Waals surface area (Å²) in [5, 5.41) is 3.43. The minimum atomic E-state index is -3.79. The van der Waals surface area contributed by atoms with Crippen LogP contribution >= 0.6 is 34.8 Å². The van der Waals surface area contributed by atoms with E-state index < -0.39 is 15.9 Å². The van der Waals surface area contributed by atoms with Crippen LogP contribution in [0, 0.1) is 0 Å². The highest BCUT2D eigenvalue weighted by atomic mass is 35.5. The van der Waals surface area contributed by atoms with Crippen molar-refractivity contribution in [3.05, 3.63) is 81.3 Å². The van der Waals surface area contributed by atoms with Crippen LogP contribution in [0.25, 0.3) is 0 Å². The van der Waals surface area contributed by atoms with Gasteiger partial charge < -0.3 is 10.1 Å². The first-order valence-electron chi connectivity index (χ1n) is 9.53. The summed E-state index contributed by atoms with van der Waals surface area (Å²) in [6.45, 7) is 0.0118. The molecular weight excluding hydrogens is 495 g/mol. The van der Waals surface area contributed by atoms with E-state index in [0.29, 0.717) is 34.4 Å². The summed E-state index contributed by atoms with van der Waals surface area (Å²) in [5.41, 5.74) is 2.00. The lowest BCUT2D eigenvalue weighted by Crippen LogP contribution is -2.29. The zero-order valence-corrected chi connectivity index (χ0v) is 19.6. The Bertz CT molecular complexity index is 1300. The van der Waals surface area contributed by atoms with Crippen molar-refractivity contribution in [2.24, 2.45) is 0 Å². The topological polar surface area (TPSA) is 75.7 Å². The van der Waals surface area contributed by atoms with E-state index in [1.54, 1.807) is 24.3 Å². The van der Waals surface area contributed by atoms with Gasteiger partial charge in [0.05, 0.1) is 26.3 Å². The van der Waals surface area contributed by atoms with Crippen molar-refractivity contribution in [3.8, 4) is 5.75 Å². The predicted molar refractivity (Wildman–Crippen MR) is 127 cm³/mol. The number of benzene rings is 3. The number of anilines is 2. The van der Waals surface area contributed by atoms with Crippen molar-refractivity contribution in [2.45, 2.75) is 11.3 Å². The van der Waals surface area contributed by atoms with Crippen molar-refractivity contribution in [1.29, 1.82) is 0 Å². The molecule has 0 aromatic heterocycles. The van der Waals surface area contributed by atoms with Crippen LogP contribution in [0.5, 0.6) is 5.75 Å². The van der Waals surface area contributed by atoms with Gasteiger partial charge in [0.2, 0.25) is 0 Å². The molecule has 0 fully saturated rings. The molecule has 32 heavy (non-hydrogen) atoms. The third-order valence-corrected chi connectivity index (χ3v) is 7.57. The number of amides is 1. The van der Waals surface area contributed by atoms with Gasteiger partial charge in [0.15, 0.2) is 6.61 Å². The van der Waals surface area contributed by atoms with E-state index in [0.717, 1.165) is 5.56 Å². The molecule has 0 saturated carbocycles. The number of sulfonamides is 1. The smallest absolute Gasteiger partial charge is 0.264 e. The second-order valence-electron chi connectivity index (χ2n) is 7.01. The second-order valence-corrected chi connectivity index (χ2v) is 10.1.